The van der Waals surface area contributed by atoms with Gasteiger partial charge in [-0.1, -0.05) is 25.5 Å². The fourth-order valence-corrected chi connectivity index (χ4v) is 8.17. The van der Waals surface area contributed by atoms with E-state index in [2.05, 4.69) is 32.2 Å². The number of ether oxygens (including phenoxy) is 2. The second kappa shape index (κ2) is 7.87. The highest BCUT2D eigenvalue weighted by molar-refractivity contribution is 5.67. The van der Waals surface area contributed by atoms with Crippen molar-refractivity contribution in [3.05, 3.63) is 11.6 Å². The van der Waals surface area contributed by atoms with Crippen molar-refractivity contribution < 1.29 is 19.1 Å². The minimum absolute atomic E-state index is 0.0633. The number of carbonyl (C=O) groups is 2. The molecule has 3 fully saturated rings. The Balaban J connectivity index is 1.52. The van der Waals surface area contributed by atoms with E-state index in [9.17, 15) is 9.59 Å². The van der Waals surface area contributed by atoms with Crippen molar-refractivity contribution in [3.63, 3.8) is 0 Å². The normalized spacial score (nSPS) is 43.4. The van der Waals surface area contributed by atoms with Crippen molar-refractivity contribution in [2.45, 2.75) is 91.2 Å². The molecule has 0 saturated heterocycles. The van der Waals surface area contributed by atoms with E-state index < -0.39 is 0 Å². The number of carbonyl (C=O) groups excluding carboxylic acids is 2. The molecule has 1 N–H and O–H groups in total. The first kappa shape index (κ1) is 21.7. The van der Waals surface area contributed by atoms with Gasteiger partial charge in [0.05, 0.1) is 7.11 Å². The van der Waals surface area contributed by atoms with Gasteiger partial charge in [0.25, 0.3) is 0 Å². The summed E-state index contributed by atoms with van der Waals surface area (Å²) in [6.07, 6.45) is 11.4. The van der Waals surface area contributed by atoms with Crippen molar-refractivity contribution >= 4 is 12.1 Å². The van der Waals surface area contributed by atoms with Crippen molar-refractivity contribution in [2.24, 2.45) is 34.5 Å². The molecule has 8 unspecified atom stereocenters. The van der Waals surface area contributed by atoms with Crippen molar-refractivity contribution in [1.82, 2.24) is 5.32 Å². The highest BCUT2D eigenvalue weighted by Crippen LogP contribution is 2.66. The van der Waals surface area contributed by atoms with Crippen molar-refractivity contribution in [3.8, 4) is 0 Å². The second-order valence-corrected chi connectivity index (χ2v) is 10.9. The van der Waals surface area contributed by atoms with E-state index in [0.29, 0.717) is 5.92 Å². The summed E-state index contributed by atoms with van der Waals surface area (Å²) in [5.74, 6) is 2.55. The molecule has 4 aliphatic rings. The fraction of sp³-hybridized carbons (Fsp3) is 0.840. The van der Waals surface area contributed by atoms with Crippen molar-refractivity contribution in [1.29, 1.82) is 0 Å². The lowest BCUT2D eigenvalue weighted by atomic mass is 9.47. The van der Waals surface area contributed by atoms with Crippen LogP contribution in [0.5, 0.6) is 0 Å². The molecule has 0 heterocycles. The predicted molar refractivity (Wildman–Crippen MR) is 116 cm³/mol. The van der Waals surface area contributed by atoms with Gasteiger partial charge in [-0.25, -0.2) is 4.79 Å². The van der Waals surface area contributed by atoms with Gasteiger partial charge in [-0.2, -0.15) is 0 Å². The minimum atomic E-state index is -0.314. The molecule has 5 heteroatoms. The van der Waals surface area contributed by atoms with E-state index in [1.54, 1.807) is 5.57 Å². The third-order valence-corrected chi connectivity index (χ3v) is 9.60. The molecule has 0 bridgehead atoms. The molecule has 4 aliphatic carbocycles. The van der Waals surface area contributed by atoms with Gasteiger partial charge in [0.2, 0.25) is 0 Å². The molecule has 0 radical (unpaired) electrons. The molecule has 168 valence electrons. The molecule has 0 aromatic heterocycles. The van der Waals surface area contributed by atoms with E-state index >= 15 is 0 Å². The summed E-state index contributed by atoms with van der Waals surface area (Å²) >= 11 is 0. The highest BCUT2D eigenvalue weighted by Gasteiger charge is 2.59. The van der Waals surface area contributed by atoms with Gasteiger partial charge in [-0.3, -0.25) is 4.79 Å². The van der Waals surface area contributed by atoms with Gasteiger partial charge in [0, 0.05) is 19.4 Å². The van der Waals surface area contributed by atoms with Crippen molar-refractivity contribution in [2.75, 3.05) is 7.11 Å². The molecule has 0 spiro atoms. The fourth-order valence-electron chi connectivity index (χ4n) is 8.17. The molecule has 3 saturated carbocycles. The molecule has 4 rings (SSSR count). The topological polar surface area (TPSA) is 64.6 Å². The summed E-state index contributed by atoms with van der Waals surface area (Å²) in [7, 11) is 1.44. The summed E-state index contributed by atoms with van der Waals surface area (Å²) in [5, 5.41) is 3.06. The number of esters is 1. The average Bonchev–Trinajstić information content (AvgIpc) is 3.05. The van der Waals surface area contributed by atoms with E-state index in [0.717, 1.165) is 43.4 Å². The summed E-state index contributed by atoms with van der Waals surface area (Å²) in [4.78, 5) is 23.2. The third-order valence-electron chi connectivity index (χ3n) is 9.60. The van der Waals surface area contributed by atoms with Gasteiger partial charge >= 0.3 is 12.1 Å². The Hall–Kier alpha value is -1.52. The van der Waals surface area contributed by atoms with E-state index in [1.807, 2.05) is 0 Å². The number of rotatable bonds is 3. The maximum atomic E-state index is 11.8. The van der Waals surface area contributed by atoms with Crippen LogP contribution in [0, 0.1) is 34.5 Å². The summed E-state index contributed by atoms with van der Waals surface area (Å²) < 4.78 is 10.4. The van der Waals surface area contributed by atoms with Crippen LogP contribution >= 0.6 is 0 Å². The monoisotopic (exact) mass is 417 g/mol. The number of nitrogens with one attached hydrogen (secondary N) is 1. The third kappa shape index (κ3) is 3.46. The van der Waals surface area contributed by atoms with Crippen LogP contribution in [0.15, 0.2) is 11.6 Å². The zero-order valence-electron chi connectivity index (χ0n) is 19.3. The van der Waals surface area contributed by atoms with Crippen LogP contribution in [0.2, 0.25) is 0 Å². The van der Waals surface area contributed by atoms with Gasteiger partial charge in [-0.05, 0) is 86.4 Å². The lowest BCUT2D eigenvalue weighted by Gasteiger charge is -2.58. The van der Waals surface area contributed by atoms with E-state index in [-0.39, 0.29) is 35.0 Å². The quantitative estimate of drug-likeness (QED) is 0.504. The number of allylic oxidation sites excluding steroid dienone is 1. The smallest absolute Gasteiger partial charge is 0.407 e. The summed E-state index contributed by atoms with van der Waals surface area (Å²) in [6, 6.07) is 0.147. The molecule has 30 heavy (non-hydrogen) atoms. The van der Waals surface area contributed by atoms with E-state index in [4.69, 9.17) is 9.47 Å². The average molecular weight is 418 g/mol. The molecule has 0 aromatic rings. The number of alkyl carbamates (subject to hydrolysis) is 1. The first-order valence-corrected chi connectivity index (χ1v) is 11.9. The molecule has 5 nitrogen and oxygen atoms in total. The zero-order valence-corrected chi connectivity index (χ0v) is 19.3. The van der Waals surface area contributed by atoms with Crippen LogP contribution in [0.1, 0.15) is 79.1 Å². The van der Waals surface area contributed by atoms with Crippen LogP contribution in [0.3, 0.4) is 0 Å². The van der Waals surface area contributed by atoms with Crippen LogP contribution in [-0.4, -0.2) is 31.3 Å². The van der Waals surface area contributed by atoms with Crippen LogP contribution in [-0.2, 0) is 14.3 Å². The van der Waals surface area contributed by atoms with Gasteiger partial charge in [0.15, 0.2) is 0 Å². The molecule has 8 atom stereocenters. The molecule has 0 aromatic carbocycles. The lowest BCUT2D eigenvalue weighted by molar-refractivity contribution is -0.148. The number of methoxy groups -OCH3 is 1. The SMILES string of the molecule is COC(=O)NC(C)C1CCC2C3CC=C4CC(OC(C)=O)CCC4(C)C3CCC12C. The Labute approximate surface area is 181 Å². The largest absolute Gasteiger partial charge is 0.462 e. The van der Waals surface area contributed by atoms with Gasteiger partial charge in [0.1, 0.15) is 6.10 Å². The van der Waals surface area contributed by atoms with Crippen LogP contribution in [0.25, 0.3) is 0 Å². The number of hydrogen-bond acceptors (Lipinski definition) is 4. The number of hydrogen-bond donors (Lipinski definition) is 1. The number of fused-ring (bicyclic) bond motifs is 5. The first-order valence-electron chi connectivity index (χ1n) is 11.9. The van der Waals surface area contributed by atoms with Crippen LogP contribution < -0.4 is 5.32 Å². The Kier molecular flexibility index (Phi) is 5.69. The van der Waals surface area contributed by atoms with Gasteiger partial charge in [-0.15, -0.1) is 0 Å². The lowest BCUT2D eigenvalue weighted by Crippen LogP contribution is -2.52. The first-order chi connectivity index (χ1) is 14.2. The van der Waals surface area contributed by atoms with Crippen LogP contribution in [0.4, 0.5) is 4.79 Å². The molecule has 1 amide bonds. The Bertz CT molecular complexity index is 733. The molecule has 0 aliphatic heterocycles. The Morgan fingerprint density at radius 2 is 1.90 bits per heavy atom. The Morgan fingerprint density at radius 1 is 1.13 bits per heavy atom. The summed E-state index contributed by atoms with van der Waals surface area (Å²) in [5.41, 5.74) is 2.09. The molecular formula is C25H39NO4. The maximum absolute atomic E-state index is 11.8. The second-order valence-electron chi connectivity index (χ2n) is 10.9. The number of amides is 1. The van der Waals surface area contributed by atoms with Gasteiger partial charge < -0.3 is 14.8 Å². The summed E-state index contributed by atoms with van der Waals surface area (Å²) in [6.45, 7) is 8.64. The minimum Gasteiger partial charge on any atom is -0.462 e. The molecular weight excluding hydrogens is 378 g/mol. The zero-order chi connectivity index (χ0) is 21.7. The van der Waals surface area contributed by atoms with E-state index in [1.165, 1.54) is 39.7 Å². The Morgan fingerprint density at radius 3 is 2.60 bits per heavy atom. The predicted octanol–water partition coefficient (Wildman–Crippen LogP) is 5.24. The standard InChI is InChI=1S/C25H39NO4/c1-15(26-23(28)29-5)20-8-9-21-19-7-6-17-14-18(30-16(2)27)10-12-24(17,3)22(19)11-13-25(20,21)4/h6,15,18-22H,7-14H2,1-5H3,(H,26,28). The highest BCUT2D eigenvalue weighted by atomic mass is 16.5. The maximum Gasteiger partial charge on any atom is 0.407 e.